The second-order valence-electron chi connectivity index (χ2n) is 3.45. The Kier molecular flexibility index (Phi) is 4.17. The van der Waals surface area contributed by atoms with Crippen LogP contribution in [0.2, 0.25) is 0 Å². The first-order chi connectivity index (χ1) is 8.01. The van der Waals surface area contributed by atoms with Gasteiger partial charge in [-0.1, -0.05) is 0 Å². The molecule has 0 heterocycles. The van der Waals surface area contributed by atoms with Crippen LogP contribution in [0.5, 0.6) is 17.2 Å². The minimum Gasteiger partial charge on any atom is -0.508 e. The number of phenols is 1. The molecular formula is C11H15NO5. The minimum atomic E-state index is -1.14. The maximum Gasteiger partial charge on any atom is 0.320 e. The lowest BCUT2D eigenvalue weighted by Gasteiger charge is -2.15. The van der Waals surface area contributed by atoms with Crippen molar-refractivity contribution in [2.24, 2.45) is 5.73 Å². The van der Waals surface area contributed by atoms with Crippen molar-refractivity contribution < 1.29 is 24.5 Å². The van der Waals surface area contributed by atoms with Crippen molar-refractivity contribution in [1.82, 2.24) is 0 Å². The fraction of sp³-hybridized carbons (Fsp3) is 0.364. The van der Waals surface area contributed by atoms with Crippen LogP contribution in [0.3, 0.4) is 0 Å². The minimum absolute atomic E-state index is 0.0401. The molecule has 1 unspecified atom stereocenters. The highest BCUT2D eigenvalue weighted by Gasteiger charge is 2.20. The average Bonchev–Trinajstić information content (AvgIpc) is 2.31. The molecule has 0 aromatic heterocycles. The summed E-state index contributed by atoms with van der Waals surface area (Å²) >= 11 is 0. The molecule has 1 aromatic carbocycles. The van der Waals surface area contributed by atoms with Gasteiger partial charge in [0.25, 0.3) is 0 Å². The Morgan fingerprint density at radius 2 is 2.06 bits per heavy atom. The number of aliphatic carboxylic acids is 1. The van der Waals surface area contributed by atoms with Crippen LogP contribution in [-0.4, -0.2) is 36.4 Å². The Morgan fingerprint density at radius 1 is 1.41 bits per heavy atom. The second-order valence-corrected chi connectivity index (χ2v) is 3.45. The Hall–Kier alpha value is -1.95. The third-order valence-electron chi connectivity index (χ3n) is 2.36. The van der Waals surface area contributed by atoms with E-state index >= 15 is 0 Å². The van der Waals surface area contributed by atoms with E-state index in [1.165, 1.54) is 26.4 Å². The highest BCUT2D eigenvalue weighted by atomic mass is 16.5. The van der Waals surface area contributed by atoms with Gasteiger partial charge in [-0.3, -0.25) is 4.79 Å². The number of hydrogen-bond donors (Lipinski definition) is 3. The van der Waals surface area contributed by atoms with Gasteiger partial charge >= 0.3 is 5.97 Å². The molecule has 0 saturated heterocycles. The smallest absolute Gasteiger partial charge is 0.320 e. The highest BCUT2D eigenvalue weighted by Crippen LogP contribution is 2.37. The van der Waals surface area contributed by atoms with Gasteiger partial charge in [0.2, 0.25) is 0 Å². The predicted molar refractivity (Wildman–Crippen MR) is 60.5 cm³/mol. The molecule has 6 heteroatoms. The molecule has 0 fully saturated rings. The van der Waals surface area contributed by atoms with Crippen molar-refractivity contribution in [3.05, 3.63) is 17.7 Å². The molecule has 1 rings (SSSR count). The van der Waals surface area contributed by atoms with E-state index < -0.39 is 12.0 Å². The molecule has 0 spiro atoms. The van der Waals surface area contributed by atoms with Crippen molar-refractivity contribution in [3.63, 3.8) is 0 Å². The Labute approximate surface area is 98.6 Å². The molecule has 0 aliphatic carbocycles. The van der Waals surface area contributed by atoms with E-state index in [1.54, 1.807) is 0 Å². The third kappa shape index (κ3) is 2.79. The Bertz CT molecular complexity index is 419. The third-order valence-corrected chi connectivity index (χ3v) is 2.36. The fourth-order valence-electron chi connectivity index (χ4n) is 1.48. The molecule has 0 saturated carbocycles. The second kappa shape index (κ2) is 5.40. The molecule has 0 radical (unpaired) electrons. The predicted octanol–water partition coefficient (Wildman–Crippen LogP) is 0.364. The zero-order valence-electron chi connectivity index (χ0n) is 9.64. The van der Waals surface area contributed by atoms with Crippen LogP contribution in [0.25, 0.3) is 0 Å². The van der Waals surface area contributed by atoms with Gasteiger partial charge in [0, 0.05) is 12.0 Å². The van der Waals surface area contributed by atoms with E-state index in [9.17, 15) is 9.90 Å². The van der Waals surface area contributed by atoms with Crippen LogP contribution in [0.1, 0.15) is 5.56 Å². The van der Waals surface area contributed by atoms with Crippen molar-refractivity contribution in [3.8, 4) is 17.2 Å². The number of carboxylic acids is 1. The fourth-order valence-corrected chi connectivity index (χ4v) is 1.48. The van der Waals surface area contributed by atoms with E-state index in [0.717, 1.165) is 0 Å². The zero-order chi connectivity index (χ0) is 13.0. The lowest BCUT2D eigenvalue weighted by Crippen LogP contribution is -2.32. The summed E-state index contributed by atoms with van der Waals surface area (Å²) in [5.41, 5.74) is 5.75. The SMILES string of the molecule is COc1ccc(O)c(CC(N)C(=O)O)c1OC. The van der Waals surface area contributed by atoms with E-state index in [-0.39, 0.29) is 12.2 Å². The lowest BCUT2D eigenvalue weighted by molar-refractivity contribution is -0.138. The van der Waals surface area contributed by atoms with Gasteiger partial charge in [0.1, 0.15) is 11.8 Å². The molecule has 6 nitrogen and oxygen atoms in total. The summed E-state index contributed by atoms with van der Waals surface area (Å²) in [5, 5.41) is 18.4. The van der Waals surface area contributed by atoms with Crippen molar-refractivity contribution in [1.29, 1.82) is 0 Å². The quantitative estimate of drug-likeness (QED) is 0.688. The summed E-state index contributed by atoms with van der Waals surface area (Å²) in [6.45, 7) is 0. The van der Waals surface area contributed by atoms with Gasteiger partial charge in [0.15, 0.2) is 11.5 Å². The van der Waals surface area contributed by atoms with Crippen LogP contribution in [-0.2, 0) is 11.2 Å². The maximum atomic E-state index is 10.7. The van der Waals surface area contributed by atoms with Gasteiger partial charge < -0.3 is 25.4 Å². The summed E-state index contributed by atoms with van der Waals surface area (Å²) in [7, 11) is 2.86. The van der Waals surface area contributed by atoms with Gasteiger partial charge in [-0.15, -0.1) is 0 Å². The first kappa shape index (κ1) is 13.1. The molecule has 0 aliphatic rings. The van der Waals surface area contributed by atoms with Gasteiger partial charge in [-0.25, -0.2) is 0 Å². The standard InChI is InChI=1S/C11H15NO5/c1-16-9-4-3-8(13)6(10(9)17-2)5-7(12)11(14)15/h3-4,7,13H,5,12H2,1-2H3,(H,14,15). The molecule has 4 N–H and O–H groups in total. The number of rotatable bonds is 5. The number of hydrogen-bond acceptors (Lipinski definition) is 5. The summed E-state index contributed by atoms with van der Waals surface area (Å²) in [4.78, 5) is 10.7. The van der Waals surface area contributed by atoms with Crippen LogP contribution in [0.4, 0.5) is 0 Å². The lowest BCUT2D eigenvalue weighted by atomic mass is 10.0. The zero-order valence-corrected chi connectivity index (χ0v) is 9.64. The number of phenolic OH excluding ortho intramolecular Hbond substituents is 1. The molecule has 0 amide bonds. The Morgan fingerprint density at radius 3 is 2.53 bits per heavy atom. The van der Waals surface area contributed by atoms with E-state index in [4.69, 9.17) is 20.3 Å². The molecule has 94 valence electrons. The average molecular weight is 241 g/mol. The van der Waals surface area contributed by atoms with Crippen molar-refractivity contribution in [2.45, 2.75) is 12.5 Å². The van der Waals surface area contributed by atoms with Crippen LogP contribution >= 0.6 is 0 Å². The van der Waals surface area contributed by atoms with Gasteiger partial charge in [0.05, 0.1) is 14.2 Å². The summed E-state index contributed by atoms with van der Waals surface area (Å²) in [6.07, 6.45) is -0.0401. The summed E-state index contributed by atoms with van der Waals surface area (Å²) < 4.78 is 10.1. The molecule has 0 aliphatic heterocycles. The first-order valence-corrected chi connectivity index (χ1v) is 4.92. The number of carbonyl (C=O) groups is 1. The topological polar surface area (TPSA) is 102 Å². The number of aromatic hydroxyl groups is 1. The molecule has 1 atom stereocenters. The first-order valence-electron chi connectivity index (χ1n) is 4.92. The maximum absolute atomic E-state index is 10.7. The number of ether oxygens (including phenoxy) is 2. The molecule has 0 bridgehead atoms. The van der Waals surface area contributed by atoms with Crippen LogP contribution < -0.4 is 15.2 Å². The molecule has 17 heavy (non-hydrogen) atoms. The highest BCUT2D eigenvalue weighted by molar-refractivity contribution is 5.74. The number of benzene rings is 1. The summed E-state index contributed by atoms with van der Waals surface area (Å²) in [6, 6.07) is 1.83. The largest absolute Gasteiger partial charge is 0.508 e. The normalized spacial score (nSPS) is 11.9. The molecular weight excluding hydrogens is 226 g/mol. The van der Waals surface area contributed by atoms with Crippen LogP contribution in [0, 0.1) is 0 Å². The number of carboxylic acid groups (broad SMARTS) is 1. The molecule has 1 aromatic rings. The van der Waals surface area contributed by atoms with E-state index in [2.05, 4.69) is 0 Å². The van der Waals surface area contributed by atoms with Crippen LogP contribution in [0.15, 0.2) is 12.1 Å². The van der Waals surface area contributed by atoms with E-state index in [0.29, 0.717) is 17.1 Å². The van der Waals surface area contributed by atoms with Gasteiger partial charge in [-0.2, -0.15) is 0 Å². The van der Waals surface area contributed by atoms with E-state index in [1.807, 2.05) is 0 Å². The Balaban J connectivity index is 3.16. The monoisotopic (exact) mass is 241 g/mol. The summed E-state index contributed by atoms with van der Waals surface area (Å²) in [5.74, 6) is -0.504. The number of methoxy groups -OCH3 is 2. The van der Waals surface area contributed by atoms with Crippen molar-refractivity contribution >= 4 is 5.97 Å². The van der Waals surface area contributed by atoms with Crippen molar-refractivity contribution in [2.75, 3.05) is 14.2 Å². The number of nitrogens with two attached hydrogens (primary N) is 1. The van der Waals surface area contributed by atoms with Gasteiger partial charge in [-0.05, 0) is 12.1 Å².